The van der Waals surface area contributed by atoms with Gasteiger partial charge in [-0.2, -0.15) is 0 Å². The molecule has 0 aliphatic rings. The van der Waals surface area contributed by atoms with Crippen molar-refractivity contribution in [3.8, 4) is 5.75 Å². The average molecular weight is 365 g/mol. The largest absolute Gasteiger partial charge is 0.491 e. The molecule has 0 heterocycles. The summed E-state index contributed by atoms with van der Waals surface area (Å²) < 4.78 is 12.0. The Balaban J connectivity index is 2.26. The number of quaternary nitrogens is 1. The first-order valence-corrected chi connectivity index (χ1v) is 8.96. The number of carbonyl (C=O) groups excluding carboxylic acids is 1. The third-order valence-electron chi connectivity index (χ3n) is 4.21. The van der Waals surface area contributed by atoms with E-state index >= 15 is 0 Å². The summed E-state index contributed by atoms with van der Waals surface area (Å²) in [7, 11) is 4.30. The predicted octanol–water partition coefficient (Wildman–Crippen LogP) is 1.73. The molecular formula is C20H33N2O4+. The van der Waals surface area contributed by atoms with Crippen LogP contribution in [-0.4, -0.2) is 68.6 Å². The molecule has 26 heavy (non-hydrogen) atoms. The molecule has 1 aromatic rings. The highest BCUT2D eigenvalue weighted by Crippen LogP contribution is 2.12. The van der Waals surface area contributed by atoms with Gasteiger partial charge in [-0.25, -0.2) is 0 Å². The second kappa shape index (κ2) is 11.0. The Labute approximate surface area is 157 Å². The van der Waals surface area contributed by atoms with Crippen LogP contribution in [0, 0.1) is 0 Å². The highest BCUT2D eigenvalue weighted by molar-refractivity contribution is 5.91. The van der Waals surface area contributed by atoms with E-state index < -0.39 is 6.10 Å². The zero-order chi connectivity index (χ0) is 19.6. The van der Waals surface area contributed by atoms with E-state index in [0.29, 0.717) is 24.5 Å². The molecule has 1 atom stereocenters. The summed E-state index contributed by atoms with van der Waals surface area (Å²) in [5, 5.41) is 12.7. The predicted molar refractivity (Wildman–Crippen MR) is 103 cm³/mol. The molecular weight excluding hydrogens is 332 g/mol. The molecule has 0 spiro atoms. The number of aliphatic hydroxyl groups excluding tert-OH is 1. The van der Waals surface area contributed by atoms with Crippen LogP contribution in [0.25, 0.3) is 0 Å². The van der Waals surface area contributed by atoms with Crippen molar-refractivity contribution in [1.82, 2.24) is 5.32 Å². The molecule has 0 saturated heterocycles. The van der Waals surface area contributed by atoms with Crippen LogP contribution in [0.15, 0.2) is 36.4 Å². The Kier molecular flexibility index (Phi) is 9.34. The number of ether oxygens (including phenoxy) is 2. The molecule has 2 N–H and O–H groups in total. The maximum absolute atomic E-state index is 11.5. The van der Waals surface area contributed by atoms with Crippen molar-refractivity contribution in [2.75, 3.05) is 47.0 Å². The molecule has 6 heteroatoms. The van der Waals surface area contributed by atoms with E-state index in [2.05, 4.69) is 32.9 Å². The van der Waals surface area contributed by atoms with E-state index in [1.54, 1.807) is 6.92 Å². The van der Waals surface area contributed by atoms with Gasteiger partial charge in [-0.15, -0.1) is 0 Å². The molecule has 0 fully saturated rings. The third kappa shape index (κ3) is 8.99. The molecule has 146 valence electrons. The van der Waals surface area contributed by atoms with Crippen molar-refractivity contribution >= 4 is 5.91 Å². The van der Waals surface area contributed by atoms with Gasteiger partial charge >= 0.3 is 0 Å². The van der Waals surface area contributed by atoms with Crippen molar-refractivity contribution in [3.05, 3.63) is 42.0 Å². The van der Waals surface area contributed by atoms with E-state index in [0.717, 1.165) is 23.1 Å². The molecule has 6 nitrogen and oxygen atoms in total. The first-order chi connectivity index (χ1) is 12.2. The van der Waals surface area contributed by atoms with Crippen LogP contribution in [0.5, 0.6) is 5.75 Å². The van der Waals surface area contributed by atoms with Crippen molar-refractivity contribution in [2.45, 2.75) is 26.5 Å². The Morgan fingerprint density at radius 3 is 2.50 bits per heavy atom. The van der Waals surface area contributed by atoms with Gasteiger partial charge in [0.15, 0.2) is 0 Å². The molecule has 0 aliphatic heterocycles. The number of hydrogen-bond donors (Lipinski definition) is 2. The number of benzene rings is 1. The van der Waals surface area contributed by atoms with Crippen LogP contribution in [-0.2, 0) is 16.1 Å². The summed E-state index contributed by atoms with van der Waals surface area (Å²) in [5.41, 5.74) is 1.45. The highest BCUT2D eigenvalue weighted by Gasteiger charge is 2.12. The maximum atomic E-state index is 11.5. The van der Waals surface area contributed by atoms with Gasteiger partial charge in [0.25, 0.3) is 0 Å². The topological polar surface area (TPSA) is 67.8 Å². The number of amides is 1. The molecule has 1 aromatic carbocycles. The fourth-order valence-corrected chi connectivity index (χ4v) is 1.97. The van der Waals surface area contributed by atoms with E-state index in [9.17, 15) is 9.90 Å². The number of nitrogens with zero attached hydrogens (tertiary/aromatic N) is 1. The zero-order valence-corrected chi connectivity index (χ0v) is 16.5. The van der Waals surface area contributed by atoms with Crippen molar-refractivity contribution < 1.29 is 23.9 Å². The lowest BCUT2D eigenvalue weighted by atomic mass is 10.2. The fourth-order valence-electron chi connectivity index (χ4n) is 1.97. The van der Waals surface area contributed by atoms with Crippen molar-refractivity contribution in [3.63, 3.8) is 0 Å². The summed E-state index contributed by atoms with van der Waals surface area (Å²) in [6, 6.07) is 7.39. The number of hydrogen-bond acceptors (Lipinski definition) is 4. The molecule has 0 aliphatic carbocycles. The van der Waals surface area contributed by atoms with Gasteiger partial charge in [-0.3, -0.25) is 4.79 Å². The van der Waals surface area contributed by atoms with Crippen LogP contribution in [0.1, 0.15) is 19.4 Å². The standard InChI is InChI=1S/C20H32N2O4/c1-6-22(4,5)11-12-25-14-18(23)15-26-19-9-7-17(8-10-19)13-21-20(24)16(2)3/h7-10,18,23H,2,6,11-15H2,1,3-5H3/p+1. The Morgan fingerprint density at radius 2 is 1.92 bits per heavy atom. The van der Waals surface area contributed by atoms with E-state index in [-0.39, 0.29) is 19.1 Å². The quantitative estimate of drug-likeness (QED) is 0.336. The first kappa shape index (κ1) is 22.2. The molecule has 1 unspecified atom stereocenters. The summed E-state index contributed by atoms with van der Waals surface area (Å²) in [4.78, 5) is 11.5. The number of aliphatic hydroxyl groups is 1. The van der Waals surface area contributed by atoms with Crippen molar-refractivity contribution in [1.29, 1.82) is 0 Å². The monoisotopic (exact) mass is 365 g/mol. The van der Waals surface area contributed by atoms with Gasteiger partial charge in [0.05, 0.1) is 33.9 Å². The minimum absolute atomic E-state index is 0.158. The molecule has 0 radical (unpaired) electrons. The summed E-state index contributed by atoms with van der Waals surface area (Å²) in [5.74, 6) is 0.511. The lowest BCUT2D eigenvalue weighted by Crippen LogP contribution is -2.42. The van der Waals surface area contributed by atoms with E-state index in [1.165, 1.54) is 0 Å². The summed E-state index contributed by atoms with van der Waals surface area (Å²) in [6.07, 6.45) is -0.665. The average Bonchev–Trinajstić information content (AvgIpc) is 2.62. The summed E-state index contributed by atoms with van der Waals surface area (Å²) >= 11 is 0. The number of rotatable bonds is 12. The highest BCUT2D eigenvalue weighted by atomic mass is 16.5. The van der Waals surface area contributed by atoms with Gasteiger partial charge < -0.3 is 24.4 Å². The van der Waals surface area contributed by atoms with Crippen LogP contribution < -0.4 is 10.1 Å². The minimum Gasteiger partial charge on any atom is -0.491 e. The minimum atomic E-state index is -0.665. The Hall–Kier alpha value is -1.89. The SMILES string of the molecule is C=C(C)C(=O)NCc1ccc(OCC(O)COCC[N+](C)(C)CC)cc1. The smallest absolute Gasteiger partial charge is 0.246 e. The fraction of sp³-hybridized carbons (Fsp3) is 0.550. The van der Waals surface area contributed by atoms with Crippen molar-refractivity contribution in [2.24, 2.45) is 0 Å². The van der Waals surface area contributed by atoms with Crippen LogP contribution in [0.3, 0.4) is 0 Å². The van der Waals surface area contributed by atoms with Gasteiger partial charge in [0.2, 0.25) is 5.91 Å². The number of carbonyl (C=O) groups is 1. The maximum Gasteiger partial charge on any atom is 0.246 e. The molecule has 0 saturated carbocycles. The number of likely N-dealkylation sites (N-methyl/N-ethyl adjacent to an activating group) is 1. The third-order valence-corrected chi connectivity index (χ3v) is 4.21. The van der Waals surface area contributed by atoms with Gasteiger partial charge in [-0.05, 0) is 31.5 Å². The van der Waals surface area contributed by atoms with Crippen LogP contribution in [0.2, 0.25) is 0 Å². The number of nitrogens with one attached hydrogen (secondary N) is 1. The normalized spacial score (nSPS) is 12.5. The molecule has 1 amide bonds. The summed E-state index contributed by atoms with van der Waals surface area (Å²) in [6.45, 7) is 10.9. The molecule has 1 rings (SSSR count). The van der Waals surface area contributed by atoms with Gasteiger partial charge in [0.1, 0.15) is 25.0 Å². The lowest BCUT2D eigenvalue weighted by Gasteiger charge is -2.28. The Bertz CT molecular complexity index is 570. The molecule has 0 bridgehead atoms. The van der Waals surface area contributed by atoms with Crippen LogP contribution in [0.4, 0.5) is 0 Å². The van der Waals surface area contributed by atoms with E-state index in [1.807, 2.05) is 24.3 Å². The van der Waals surface area contributed by atoms with Gasteiger partial charge in [-0.1, -0.05) is 18.7 Å². The van der Waals surface area contributed by atoms with Gasteiger partial charge in [0, 0.05) is 12.1 Å². The van der Waals surface area contributed by atoms with Crippen LogP contribution >= 0.6 is 0 Å². The first-order valence-electron chi connectivity index (χ1n) is 8.96. The zero-order valence-electron chi connectivity index (χ0n) is 16.5. The second-order valence-electron chi connectivity index (χ2n) is 7.12. The lowest BCUT2D eigenvalue weighted by molar-refractivity contribution is -0.888. The second-order valence-corrected chi connectivity index (χ2v) is 7.12. The Morgan fingerprint density at radius 1 is 1.27 bits per heavy atom. The molecule has 0 aromatic heterocycles. The van der Waals surface area contributed by atoms with E-state index in [4.69, 9.17) is 9.47 Å².